The topological polar surface area (TPSA) is 111 Å². The molecule has 5 aromatic rings. The van der Waals surface area contributed by atoms with Gasteiger partial charge in [-0.2, -0.15) is 0 Å². The highest BCUT2D eigenvalue weighted by Gasteiger charge is 2.68. The van der Waals surface area contributed by atoms with Crippen LogP contribution in [0.15, 0.2) is 77.0 Å². The van der Waals surface area contributed by atoms with E-state index in [0.717, 1.165) is 39.5 Å². The molecule has 1 saturated carbocycles. The first kappa shape index (κ1) is 21.3. The van der Waals surface area contributed by atoms with Crippen molar-refractivity contribution < 1.29 is 18.8 Å². The molecule has 3 N–H and O–H groups in total. The summed E-state index contributed by atoms with van der Waals surface area (Å²) < 4.78 is 5.67. The highest BCUT2D eigenvalue weighted by atomic mass is 16.3. The number of hydrogen-bond acceptors (Lipinski definition) is 4. The summed E-state index contributed by atoms with van der Waals surface area (Å²) in [5.74, 6) is -0.0310. The number of aromatic amines is 2. The third-order valence-electron chi connectivity index (χ3n) is 8.30. The number of furan rings is 1. The zero-order valence-electron chi connectivity index (χ0n) is 20.4. The molecule has 1 saturated heterocycles. The Morgan fingerprint density at radius 3 is 2.84 bits per heavy atom. The number of fused-ring (bicyclic) bond motifs is 3. The van der Waals surface area contributed by atoms with Crippen molar-refractivity contribution in [1.29, 1.82) is 0 Å². The summed E-state index contributed by atoms with van der Waals surface area (Å²) in [4.78, 5) is 47.4. The van der Waals surface area contributed by atoms with E-state index in [9.17, 15) is 14.4 Å². The van der Waals surface area contributed by atoms with Crippen LogP contribution in [0.4, 0.5) is 5.69 Å². The van der Waals surface area contributed by atoms with E-state index in [1.807, 2.05) is 49.5 Å². The maximum Gasteiger partial charge on any atom is 0.291 e. The Labute approximate surface area is 216 Å². The first-order valence-corrected chi connectivity index (χ1v) is 12.6. The Kier molecular flexibility index (Phi) is 3.99. The van der Waals surface area contributed by atoms with Gasteiger partial charge in [0.2, 0.25) is 5.78 Å². The van der Waals surface area contributed by atoms with E-state index >= 15 is 0 Å². The van der Waals surface area contributed by atoms with Gasteiger partial charge in [-0.15, -0.1) is 0 Å². The largest absolute Gasteiger partial charge is 0.451 e. The van der Waals surface area contributed by atoms with Crippen molar-refractivity contribution in [3.05, 3.63) is 101 Å². The SMILES string of the molecule is Cc1c[nH]c2c1[C@@]13CC1CN(C(=O)c1cc4cc(NC(=O)c5cc6ccccc6o5)ccc4[nH]1)C3=CC2=O. The molecule has 8 rings (SSSR count). The minimum absolute atomic E-state index is 0.0828. The lowest BCUT2D eigenvalue weighted by Crippen LogP contribution is -2.34. The molecule has 38 heavy (non-hydrogen) atoms. The van der Waals surface area contributed by atoms with Gasteiger partial charge < -0.3 is 24.6 Å². The number of carbonyl (C=O) groups excluding carboxylic acids is 3. The second-order valence-corrected chi connectivity index (χ2v) is 10.5. The van der Waals surface area contributed by atoms with Crippen LogP contribution in [0.5, 0.6) is 0 Å². The van der Waals surface area contributed by atoms with Gasteiger partial charge in [-0.25, -0.2) is 0 Å². The van der Waals surface area contributed by atoms with Crippen LogP contribution in [0.1, 0.15) is 49.1 Å². The van der Waals surface area contributed by atoms with Crippen LogP contribution < -0.4 is 5.32 Å². The number of benzene rings is 2. The monoisotopic (exact) mass is 502 g/mol. The van der Waals surface area contributed by atoms with Crippen molar-refractivity contribution in [3.63, 3.8) is 0 Å². The summed E-state index contributed by atoms with van der Waals surface area (Å²) in [5, 5.41) is 4.54. The fraction of sp³-hybridized carbons (Fsp3) is 0.167. The number of likely N-dealkylation sites (tertiary alicyclic amines) is 1. The standard InChI is InChI=1S/C30H22N4O4/c1-15-13-31-27-22(35)11-25-30(26(15)27)12-18(30)14-34(25)29(37)21-9-17-8-19(6-7-20(17)33-21)32-28(36)24-10-16-4-2-3-5-23(16)38-24/h2-11,13,18,31,33H,12,14H2,1H3,(H,32,36)/t18?,30-/m0/s1. The lowest BCUT2D eigenvalue weighted by molar-refractivity contribution is 0.0806. The molecular formula is C30H22N4O4. The molecule has 8 heteroatoms. The van der Waals surface area contributed by atoms with Crippen LogP contribution in [0, 0.1) is 12.8 Å². The Balaban J connectivity index is 1.07. The number of aromatic nitrogens is 2. The lowest BCUT2D eigenvalue weighted by Gasteiger charge is -2.28. The molecule has 1 spiro atoms. The number of amides is 2. The highest BCUT2D eigenvalue weighted by molar-refractivity contribution is 6.10. The molecule has 4 heterocycles. The van der Waals surface area contributed by atoms with E-state index < -0.39 is 0 Å². The number of H-pyrrole nitrogens is 2. The van der Waals surface area contributed by atoms with Gasteiger partial charge in [0, 0.05) is 51.9 Å². The van der Waals surface area contributed by atoms with Gasteiger partial charge in [0.15, 0.2) is 5.76 Å². The van der Waals surface area contributed by atoms with Crippen LogP contribution in [0.25, 0.3) is 21.9 Å². The Hall–Kier alpha value is -4.85. The zero-order valence-corrected chi connectivity index (χ0v) is 20.4. The number of rotatable bonds is 3. The van der Waals surface area contributed by atoms with Crippen molar-refractivity contribution in [3.8, 4) is 0 Å². The van der Waals surface area contributed by atoms with Crippen molar-refractivity contribution in [2.45, 2.75) is 18.8 Å². The normalized spacial score (nSPS) is 21.3. The minimum Gasteiger partial charge on any atom is -0.451 e. The summed E-state index contributed by atoms with van der Waals surface area (Å²) in [6, 6.07) is 16.4. The summed E-state index contributed by atoms with van der Waals surface area (Å²) in [6.07, 6.45) is 4.48. The van der Waals surface area contributed by atoms with Crippen LogP contribution in [0.3, 0.4) is 0 Å². The molecule has 0 bridgehead atoms. The number of anilines is 1. The predicted molar refractivity (Wildman–Crippen MR) is 141 cm³/mol. The van der Waals surface area contributed by atoms with Crippen molar-refractivity contribution in [2.75, 3.05) is 11.9 Å². The first-order valence-electron chi connectivity index (χ1n) is 12.6. The van der Waals surface area contributed by atoms with Crippen molar-refractivity contribution in [1.82, 2.24) is 14.9 Å². The van der Waals surface area contributed by atoms with E-state index in [-0.39, 0.29) is 28.8 Å². The summed E-state index contributed by atoms with van der Waals surface area (Å²) in [5.41, 5.74) is 5.84. The molecule has 186 valence electrons. The van der Waals surface area contributed by atoms with E-state index in [1.165, 1.54) is 0 Å². The second-order valence-electron chi connectivity index (χ2n) is 10.5. The van der Waals surface area contributed by atoms with E-state index in [1.54, 1.807) is 29.2 Å². The number of carbonyl (C=O) groups is 3. The number of hydrogen-bond donors (Lipinski definition) is 3. The summed E-state index contributed by atoms with van der Waals surface area (Å²) in [6.45, 7) is 2.61. The van der Waals surface area contributed by atoms with Crippen molar-refractivity contribution in [2.24, 2.45) is 5.92 Å². The van der Waals surface area contributed by atoms with Gasteiger partial charge in [0.05, 0.1) is 5.69 Å². The van der Waals surface area contributed by atoms with Gasteiger partial charge in [-0.1, -0.05) is 18.2 Å². The molecule has 1 unspecified atom stereocenters. The fourth-order valence-corrected chi connectivity index (χ4v) is 6.50. The first-order chi connectivity index (χ1) is 18.4. The molecular weight excluding hydrogens is 480 g/mol. The van der Waals surface area contributed by atoms with Crippen molar-refractivity contribution >= 4 is 45.2 Å². The minimum atomic E-state index is -0.345. The van der Waals surface area contributed by atoms with Crippen LogP contribution in [-0.4, -0.2) is 39.0 Å². The average molecular weight is 503 g/mol. The Morgan fingerprint density at radius 2 is 1.97 bits per heavy atom. The third kappa shape index (κ3) is 2.77. The smallest absolute Gasteiger partial charge is 0.291 e. The van der Waals surface area contributed by atoms with Gasteiger partial charge >= 0.3 is 0 Å². The van der Waals surface area contributed by atoms with Crippen LogP contribution in [0.2, 0.25) is 0 Å². The molecule has 0 radical (unpaired) electrons. The van der Waals surface area contributed by atoms with E-state index in [4.69, 9.17) is 4.42 Å². The highest BCUT2D eigenvalue weighted by Crippen LogP contribution is 2.67. The molecule has 8 nitrogen and oxygen atoms in total. The Bertz CT molecular complexity index is 1870. The molecule has 3 aliphatic rings. The van der Waals surface area contributed by atoms with Crippen LogP contribution >= 0.6 is 0 Å². The molecule has 1 aliphatic heterocycles. The lowest BCUT2D eigenvalue weighted by atomic mass is 9.83. The number of aryl methyl sites for hydroxylation is 1. The quantitative estimate of drug-likeness (QED) is 0.311. The number of para-hydroxylation sites is 1. The number of nitrogens with zero attached hydrogens (tertiary/aromatic N) is 1. The maximum absolute atomic E-state index is 13.7. The second kappa shape index (κ2) is 7.13. The van der Waals surface area contributed by atoms with Gasteiger partial charge in [-0.05, 0) is 66.8 Å². The van der Waals surface area contributed by atoms with E-state index in [2.05, 4.69) is 15.3 Å². The number of piperidine rings is 1. The predicted octanol–water partition coefficient (Wildman–Crippen LogP) is 5.30. The maximum atomic E-state index is 13.7. The molecule has 2 atom stereocenters. The molecule has 3 aromatic heterocycles. The fourth-order valence-electron chi connectivity index (χ4n) is 6.50. The molecule has 2 amide bonds. The molecule has 2 fully saturated rings. The number of ketones is 1. The number of allylic oxidation sites excluding steroid dienone is 2. The average Bonchev–Trinajstić information content (AvgIpc) is 3.37. The Morgan fingerprint density at radius 1 is 1.11 bits per heavy atom. The zero-order chi connectivity index (χ0) is 25.8. The number of nitrogens with one attached hydrogen (secondary N) is 3. The van der Waals surface area contributed by atoms with E-state index in [0.29, 0.717) is 35.1 Å². The van der Waals surface area contributed by atoms with Gasteiger partial charge in [-0.3, -0.25) is 14.4 Å². The summed E-state index contributed by atoms with van der Waals surface area (Å²) in [7, 11) is 0. The summed E-state index contributed by atoms with van der Waals surface area (Å²) >= 11 is 0. The molecule has 2 aliphatic carbocycles. The van der Waals surface area contributed by atoms with Crippen LogP contribution in [-0.2, 0) is 5.41 Å². The third-order valence-corrected chi connectivity index (χ3v) is 8.30. The van der Waals surface area contributed by atoms with Gasteiger partial charge in [0.1, 0.15) is 11.3 Å². The van der Waals surface area contributed by atoms with Gasteiger partial charge in [0.25, 0.3) is 11.8 Å². The molecule has 2 aromatic carbocycles.